The second kappa shape index (κ2) is 6.09. The van der Waals surface area contributed by atoms with E-state index >= 15 is 0 Å². The SMILES string of the molecule is O=C1S/C(=C\c2cccs2)C(=O)N1CN1CCOCC1. The summed E-state index contributed by atoms with van der Waals surface area (Å²) in [6, 6.07) is 3.86. The molecule has 0 unspecified atom stereocenters. The lowest BCUT2D eigenvalue weighted by molar-refractivity contribution is -0.125. The summed E-state index contributed by atoms with van der Waals surface area (Å²) in [6.07, 6.45) is 1.79. The Kier molecular flexibility index (Phi) is 4.21. The standard InChI is InChI=1S/C13H14N2O3S2/c16-12-11(8-10-2-1-7-19-10)20-13(17)15(12)9-14-3-5-18-6-4-14/h1-2,7-8H,3-6,9H2/b11-8-. The number of morpholine rings is 1. The molecule has 2 saturated heterocycles. The highest BCUT2D eigenvalue weighted by Gasteiger charge is 2.36. The molecule has 0 aliphatic carbocycles. The van der Waals surface area contributed by atoms with Gasteiger partial charge in [-0.25, -0.2) is 0 Å². The number of ether oxygens (including phenoxy) is 1. The Hall–Kier alpha value is -1.15. The van der Waals surface area contributed by atoms with Crippen molar-refractivity contribution in [1.82, 2.24) is 9.80 Å². The monoisotopic (exact) mass is 310 g/mol. The van der Waals surface area contributed by atoms with Gasteiger partial charge in [-0.2, -0.15) is 0 Å². The summed E-state index contributed by atoms with van der Waals surface area (Å²) < 4.78 is 5.26. The molecule has 1 aromatic heterocycles. The lowest BCUT2D eigenvalue weighted by Crippen LogP contribution is -2.45. The van der Waals surface area contributed by atoms with Crippen molar-refractivity contribution < 1.29 is 14.3 Å². The fourth-order valence-electron chi connectivity index (χ4n) is 2.07. The van der Waals surface area contributed by atoms with E-state index in [0.717, 1.165) is 29.7 Å². The molecule has 0 atom stereocenters. The minimum Gasteiger partial charge on any atom is -0.379 e. The number of thioether (sulfide) groups is 1. The molecule has 0 N–H and O–H groups in total. The van der Waals surface area contributed by atoms with E-state index in [4.69, 9.17) is 4.74 Å². The number of hydrogen-bond acceptors (Lipinski definition) is 6. The Labute approximate surface area is 125 Å². The number of carbonyl (C=O) groups is 2. The minimum absolute atomic E-state index is 0.190. The highest BCUT2D eigenvalue weighted by Crippen LogP contribution is 2.33. The van der Waals surface area contributed by atoms with Gasteiger partial charge in [0.1, 0.15) is 0 Å². The van der Waals surface area contributed by atoms with Crippen LogP contribution in [0.1, 0.15) is 4.88 Å². The van der Waals surface area contributed by atoms with Gasteiger partial charge >= 0.3 is 0 Å². The first-order chi connectivity index (χ1) is 9.74. The number of rotatable bonds is 3. The number of hydrogen-bond donors (Lipinski definition) is 0. The number of carbonyl (C=O) groups excluding carboxylic acids is 2. The average molecular weight is 310 g/mol. The number of amides is 2. The van der Waals surface area contributed by atoms with Gasteiger partial charge in [0.15, 0.2) is 0 Å². The van der Waals surface area contributed by atoms with Gasteiger partial charge in [-0.1, -0.05) is 6.07 Å². The van der Waals surface area contributed by atoms with Crippen LogP contribution in [0.5, 0.6) is 0 Å². The van der Waals surface area contributed by atoms with Gasteiger partial charge < -0.3 is 4.74 Å². The number of imide groups is 1. The highest BCUT2D eigenvalue weighted by molar-refractivity contribution is 8.18. The number of nitrogens with zero attached hydrogens (tertiary/aromatic N) is 2. The van der Waals surface area contributed by atoms with Crippen LogP contribution in [-0.4, -0.2) is 53.9 Å². The lowest BCUT2D eigenvalue weighted by atomic mass is 10.4. The Morgan fingerprint density at radius 3 is 2.80 bits per heavy atom. The smallest absolute Gasteiger partial charge is 0.294 e. The molecule has 0 saturated carbocycles. The molecule has 2 amide bonds. The van der Waals surface area contributed by atoms with E-state index in [-0.39, 0.29) is 11.1 Å². The van der Waals surface area contributed by atoms with E-state index in [1.54, 1.807) is 17.4 Å². The molecule has 0 spiro atoms. The molecule has 3 rings (SSSR count). The molecule has 20 heavy (non-hydrogen) atoms. The molecule has 106 valence electrons. The van der Waals surface area contributed by atoms with Crippen LogP contribution < -0.4 is 0 Å². The zero-order chi connectivity index (χ0) is 13.9. The summed E-state index contributed by atoms with van der Waals surface area (Å²) >= 11 is 2.57. The van der Waals surface area contributed by atoms with E-state index in [2.05, 4.69) is 4.90 Å². The zero-order valence-corrected chi connectivity index (χ0v) is 12.4. The van der Waals surface area contributed by atoms with Crippen molar-refractivity contribution in [3.8, 4) is 0 Å². The maximum Gasteiger partial charge on any atom is 0.294 e. The molecular formula is C13H14N2O3S2. The molecular weight excluding hydrogens is 296 g/mol. The molecule has 2 fully saturated rings. The van der Waals surface area contributed by atoms with Crippen molar-refractivity contribution in [2.45, 2.75) is 0 Å². The molecule has 5 nitrogen and oxygen atoms in total. The highest BCUT2D eigenvalue weighted by atomic mass is 32.2. The third kappa shape index (κ3) is 2.95. The van der Waals surface area contributed by atoms with Crippen LogP contribution in [0.3, 0.4) is 0 Å². The molecule has 2 aliphatic heterocycles. The van der Waals surface area contributed by atoms with E-state index < -0.39 is 0 Å². The molecule has 0 bridgehead atoms. The molecule has 0 radical (unpaired) electrons. The molecule has 3 heterocycles. The van der Waals surface area contributed by atoms with Gasteiger partial charge in [-0.3, -0.25) is 19.4 Å². The second-order valence-electron chi connectivity index (χ2n) is 4.50. The maximum absolute atomic E-state index is 12.3. The fraction of sp³-hybridized carbons (Fsp3) is 0.385. The van der Waals surface area contributed by atoms with Crippen molar-refractivity contribution in [3.05, 3.63) is 27.3 Å². The second-order valence-corrected chi connectivity index (χ2v) is 6.47. The normalized spacial score (nSPS) is 23.0. The van der Waals surface area contributed by atoms with Gasteiger partial charge in [0.25, 0.3) is 11.1 Å². The first-order valence-electron chi connectivity index (χ1n) is 6.33. The Morgan fingerprint density at radius 2 is 2.10 bits per heavy atom. The first kappa shape index (κ1) is 13.8. The van der Waals surface area contributed by atoms with Gasteiger partial charge in [0, 0.05) is 18.0 Å². The van der Waals surface area contributed by atoms with Crippen LogP contribution in [0.4, 0.5) is 4.79 Å². The van der Waals surface area contributed by atoms with E-state index in [0.29, 0.717) is 24.8 Å². The van der Waals surface area contributed by atoms with Crippen molar-refractivity contribution in [3.63, 3.8) is 0 Å². The topological polar surface area (TPSA) is 49.9 Å². The van der Waals surface area contributed by atoms with E-state index in [1.807, 2.05) is 17.5 Å². The molecule has 0 aromatic carbocycles. The Morgan fingerprint density at radius 1 is 1.30 bits per heavy atom. The van der Waals surface area contributed by atoms with Crippen LogP contribution in [-0.2, 0) is 9.53 Å². The summed E-state index contributed by atoms with van der Waals surface area (Å²) in [5.41, 5.74) is 0. The first-order valence-corrected chi connectivity index (χ1v) is 8.02. The molecule has 1 aromatic rings. The van der Waals surface area contributed by atoms with Crippen LogP contribution >= 0.6 is 23.1 Å². The number of thiophene rings is 1. The van der Waals surface area contributed by atoms with Gasteiger partial charge in [-0.15, -0.1) is 11.3 Å². The van der Waals surface area contributed by atoms with Crippen molar-refractivity contribution in [2.24, 2.45) is 0 Å². The molecule has 2 aliphatic rings. The third-order valence-corrected chi connectivity index (χ3v) is 4.86. The van der Waals surface area contributed by atoms with Crippen LogP contribution in [0.15, 0.2) is 22.4 Å². The fourth-order valence-corrected chi connectivity index (χ4v) is 3.62. The summed E-state index contributed by atoms with van der Waals surface area (Å²) in [7, 11) is 0. The third-order valence-electron chi connectivity index (χ3n) is 3.14. The Balaban J connectivity index is 1.70. The zero-order valence-electron chi connectivity index (χ0n) is 10.8. The summed E-state index contributed by atoms with van der Waals surface area (Å²) in [5, 5.41) is 1.76. The Bertz CT molecular complexity index is 536. The van der Waals surface area contributed by atoms with Crippen molar-refractivity contribution in [1.29, 1.82) is 0 Å². The van der Waals surface area contributed by atoms with E-state index in [1.165, 1.54) is 4.90 Å². The quantitative estimate of drug-likeness (QED) is 0.800. The van der Waals surface area contributed by atoms with Gasteiger partial charge in [0.2, 0.25) is 0 Å². The average Bonchev–Trinajstić information content (AvgIpc) is 3.05. The van der Waals surface area contributed by atoms with E-state index in [9.17, 15) is 9.59 Å². The summed E-state index contributed by atoms with van der Waals surface area (Å²) in [6.45, 7) is 3.18. The van der Waals surface area contributed by atoms with Crippen molar-refractivity contribution >= 4 is 40.3 Å². The lowest BCUT2D eigenvalue weighted by Gasteiger charge is -2.29. The minimum atomic E-state index is -0.195. The van der Waals surface area contributed by atoms with Crippen molar-refractivity contribution in [2.75, 3.05) is 33.0 Å². The predicted molar refractivity (Wildman–Crippen MR) is 79.4 cm³/mol. The van der Waals surface area contributed by atoms with Gasteiger partial charge in [-0.05, 0) is 29.3 Å². The summed E-state index contributed by atoms with van der Waals surface area (Å²) in [4.78, 5) is 29.1. The van der Waals surface area contributed by atoms with Crippen LogP contribution in [0.25, 0.3) is 6.08 Å². The van der Waals surface area contributed by atoms with Crippen LogP contribution in [0.2, 0.25) is 0 Å². The maximum atomic E-state index is 12.3. The largest absolute Gasteiger partial charge is 0.379 e. The van der Waals surface area contributed by atoms with Crippen LogP contribution in [0, 0.1) is 0 Å². The predicted octanol–water partition coefficient (Wildman–Crippen LogP) is 2.07. The summed E-state index contributed by atoms with van der Waals surface area (Å²) in [5.74, 6) is -0.195. The molecule has 7 heteroatoms. The van der Waals surface area contributed by atoms with Gasteiger partial charge in [0.05, 0.1) is 24.8 Å².